The van der Waals surface area contributed by atoms with Gasteiger partial charge in [-0.1, -0.05) is 0 Å². The van der Waals surface area contributed by atoms with Crippen molar-refractivity contribution < 1.29 is 23.3 Å². The molecule has 0 aliphatic rings. The Hall–Kier alpha value is -1.43. The minimum atomic E-state index is -3.34. The molecule has 0 saturated heterocycles. The van der Waals surface area contributed by atoms with E-state index in [-0.39, 0.29) is 25.2 Å². The third-order valence-corrected chi connectivity index (χ3v) is 4.16. The number of benzene rings is 1. The van der Waals surface area contributed by atoms with Crippen molar-refractivity contribution in [2.45, 2.75) is 20.8 Å². The lowest BCUT2D eigenvalue weighted by Gasteiger charge is -2.18. The lowest BCUT2D eigenvalue weighted by atomic mass is 10.2. The highest BCUT2D eigenvalue weighted by molar-refractivity contribution is 7.53. The van der Waals surface area contributed by atoms with Crippen LogP contribution in [-0.4, -0.2) is 24.5 Å². The highest BCUT2D eigenvalue weighted by Crippen LogP contribution is 2.48. The van der Waals surface area contributed by atoms with E-state index in [0.717, 1.165) is 0 Å². The van der Waals surface area contributed by atoms with E-state index in [9.17, 15) is 14.7 Å². The van der Waals surface area contributed by atoms with Crippen LogP contribution in [0.3, 0.4) is 0 Å². The van der Waals surface area contributed by atoms with Crippen molar-refractivity contribution in [2.75, 3.05) is 19.6 Å². The minimum absolute atomic E-state index is 0.0896. The van der Waals surface area contributed by atoms with Crippen molar-refractivity contribution in [3.05, 3.63) is 33.9 Å². The predicted molar refractivity (Wildman–Crippen MR) is 74.2 cm³/mol. The molecule has 0 atom stereocenters. The molecule has 0 unspecified atom stereocenters. The number of aryl methyl sites for hydroxylation is 1. The van der Waals surface area contributed by atoms with Gasteiger partial charge in [0.25, 0.3) is 5.69 Å². The van der Waals surface area contributed by atoms with Crippen LogP contribution in [0.4, 0.5) is 5.69 Å². The van der Waals surface area contributed by atoms with Gasteiger partial charge in [0, 0.05) is 6.07 Å². The summed E-state index contributed by atoms with van der Waals surface area (Å²) in [6.45, 7) is 5.60. The maximum Gasteiger partial charge on any atom is 0.367 e. The average molecular weight is 303 g/mol. The summed E-state index contributed by atoms with van der Waals surface area (Å²) in [6, 6.07) is 4.24. The predicted octanol–water partition coefficient (Wildman–Crippen LogP) is 3.51. The van der Waals surface area contributed by atoms with Gasteiger partial charge >= 0.3 is 7.60 Å². The van der Waals surface area contributed by atoms with Crippen LogP contribution in [0.25, 0.3) is 0 Å². The van der Waals surface area contributed by atoms with Crippen LogP contribution < -0.4 is 4.74 Å². The van der Waals surface area contributed by atoms with E-state index in [0.29, 0.717) is 11.3 Å². The molecule has 20 heavy (non-hydrogen) atoms. The lowest BCUT2D eigenvalue weighted by molar-refractivity contribution is -0.384. The smallest absolute Gasteiger partial charge is 0.367 e. The zero-order chi connectivity index (χ0) is 15.2. The van der Waals surface area contributed by atoms with Crippen molar-refractivity contribution in [3.63, 3.8) is 0 Å². The minimum Gasteiger partial charge on any atom is -0.480 e. The van der Waals surface area contributed by atoms with Crippen molar-refractivity contribution in [1.29, 1.82) is 0 Å². The summed E-state index contributed by atoms with van der Waals surface area (Å²) in [7, 11) is -3.34. The number of hydrogen-bond acceptors (Lipinski definition) is 6. The topological polar surface area (TPSA) is 87.9 Å². The molecule has 0 aromatic heterocycles. The molecule has 0 saturated carbocycles. The first-order valence-corrected chi connectivity index (χ1v) is 7.90. The second-order valence-electron chi connectivity index (χ2n) is 3.93. The molecular formula is C12H18NO6P. The van der Waals surface area contributed by atoms with Gasteiger partial charge in [-0.2, -0.15) is 0 Å². The molecule has 0 aliphatic heterocycles. The van der Waals surface area contributed by atoms with Crippen molar-refractivity contribution in [2.24, 2.45) is 0 Å². The summed E-state index contributed by atoms with van der Waals surface area (Å²) in [5, 5.41) is 10.7. The zero-order valence-electron chi connectivity index (χ0n) is 11.7. The maximum absolute atomic E-state index is 12.2. The summed E-state index contributed by atoms with van der Waals surface area (Å²) < 4.78 is 27.8. The number of hydrogen-bond donors (Lipinski definition) is 0. The Morgan fingerprint density at radius 3 is 2.35 bits per heavy atom. The molecule has 0 radical (unpaired) electrons. The van der Waals surface area contributed by atoms with Gasteiger partial charge in [0.05, 0.1) is 24.2 Å². The Bertz CT molecular complexity index is 509. The first kappa shape index (κ1) is 16.6. The van der Waals surface area contributed by atoms with E-state index in [1.165, 1.54) is 12.1 Å². The monoisotopic (exact) mass is 303 g/mol. The number of non-ortho nitro benzene ring substituents is 1. The Kier molecular flexibility index (Phi) is 6.13. The normalized spacial score (nSPS) is 11.3. The molecule has 1 rings (SSSR count). The number of rotatable bonds is 8. The van der Waals surface area contributed by atoms with Gasteiger partial charge in [0.1, 0.15) is 5.75 Å². The number of nitrogens with zero attached hydrogens (tertiary/aromatic N) is 1. The second-order valence-corrected chi connectivity index (χ2v) is 5.92. The van der Waals surface area contributed by atoms with Crippen LogP contribution in [0, 0.1) is 17.0 Å². The highest BCUT2D eigenvalue weighted by Gasteiger charge is 2.25. The fourth-order valence-corrected chi connectivity index (χ4v) is 2.82. The van der Waals surface area contributed by atoms with Gasteiger partial charge in [-0.3, -0.25) is 14.7 Å². The van der Waals surface area contributed by atoms with E-state index in [4.69, 9.17) is 13.8 Å². The number of ether oxygens (including phenoxy) is 1. The number of nitro benzene ring substituents is 1. The van der Waals surface area contributed by atoms with Gasteiger partial charge in [0.15, 0.2) is 6.35 Å². The Balaban J connectivity index is 2.84. The highest BCUT2D eigenvalue weighted by atomic mass is 31.2. The molecular weight excluding hydrogens is 285 g/mol. The molecule has 0 fully saturated rings. The molecule has 1 aromatic carbocycles. The SMILES string of the molecule is CCOP(=O)(COc1cc([N+](=O)[O-])ccc1C)OCC. The van der Waals surface area contributed by atoms with E-state index in [1.54, 1.807) is 26.8 Å². The van der Waals surface area contributed by atoms with Gasteiger partial charge in [-0.05, 0) is 32.4 Å². The van der Waals surface area contributed by atoms with Crippen LogP contribution in [0.1, 0.15) is 19.4 Å². The first-order chi connectivity index (χ1) is 9.41. The molecule has 7 nitrogen and oxygen atoms in total. The Morgan fingerprint density at radius 2 is 1.85 bits per heavy atom. The van der Waals surface area contributed by atoms with Gasteiger partial charge in [-0.25, -0.2) is 0 Å². The molecule has 112 valence electrons. The Labute approximate surface area is 117 Å². The molecule has 0 bridgehead atoms. The zero-order valence-corrected chi connectivity index (χ0v) is 12.6. The van der Waals surface area contributed by atoms with Crippen LogP contribution in [-0.2, 0) is 13.6 Å². The van der Waals surface area contributed by atoms with Crippen LogP contribution >= 0.6 is 7.60 Å². The van der Waals surface area contributed by atoms with E-state index < -0.39 is 12.5 Å². The van der Waals surface area contributed by atoms with E-state index in [1.807, 2.05) is 0 Å². The van der Waals surface area contributed by atoms with Crippen molar-refractivity contribution >= 4 is 13.3 Å². The lowest BCUT2D eigenvalue weighted by Crippen LogP contribution is -2.06. The average Bonchev–Trinajstić information content (AvgIpc) is 2.38. The standard InChI is InChI=1S/C12H18NO6P/c1-4-18-20(16,19-5-2)9-17-12-8-11(13(14)15)7-6-10(12)3/h6-8H,4-5,9H2,1-3H3. The molecule has 8 heteroatoms. The van der Waals surface area contributed by atoms with E-state index in [2.05, 4.69) is 0 Å². The third kappa shape index (κ3) is 4.59. The van der Waals surface area contributed by atoms with E-state index >= 15 is 0 Å². The van der Waals surface area contributed by atoms with Crippen LogP contribution in [0.2, 0.25) is 0 Å². The molecule has 0 heterocycles. The van der Waals surface area contributed by atoms with Crippen LogP contribution in [0.5, 0.6) is 5.75 Å². The molecule has 1 aromatic rings. The fourth-order valence-electron chi connectivity index (χ4n) is 1.51. The summed E-state index contributed by atoms with van der Waals surface area (Å²) >= 11 is 0. The van der Waals surface area contributed by atoms with Crippen molar-refractivity contribution in [1.82, 2.24) is 0 Å². The fraction of sp³-hybridized carbons (Fsp3) is 0.500. The molecule has 0 spiro atoms. The summed E-state index contributed by atoms with van der Waals surface area (Å²) in [5.41, 5.74) is 0.614. The number of nitro groups is 1. The quantitative estimate of drug-likeness (QED) is 0.415. The summed E-state index contributed by atoms with van der Waals surface area (Å²) in [6.07, 6.45) is -0.281. The Morgan fingerprint density at radius 1 is 1.25 bits per heavy atom. The van der Waals surface area contributed by atoms with Gasteiger partial charge in [-0.15, -0.1) is 0 Å². The van der Waals surface area contributed by atoms with Gasteiger partial charge < -0.3 is 13.8 Å². The largest absolute Gasteiger partial charge is 0.480 e. The van der Waals surface area contributed by atoms with Gasteiger partial charge in [0.2, 0.25) is 0 Å². The van der Waals surface area contributed by atoms with Crippen LogP contribution in [0.15, 0.2) is 18.2 Å². The molecule has 0 amide bonds. The third-order valence-electron chi connectivity index (χ3n) is 2.41. The van der Waals surface area contributed by atoms with Crippen molar-refractivity contribution in [3.8, 4) is 5.75 Å². The second kappa shape index (κ2) is 7.38. The maximum atomic E-state index is 12.2. The molecule has 0 N–H and O–H groups in total. The molecule has 0 aliphatic carbocycles. The summed E-state index contributed by atoms with van der Waals surface area (Å²) in [5.74, 6) is 0.291. The first-order valence-electron chi connectivity index (χ1n) is 6.18. The summed E-state index contributed by atoms with van der Waals surface area (Å²) in [4.78, 5) is 10.2.